The number of hydrogen-bond acceptors (Lipinski definition) is 6. The monoisotopic (exact) mass is 439 g/mol. The van der Waals surface area contributed by atoms with Crippen LogP contribution in [0.1, 0.15) is 6.92 Å². The normalized spacial score (nSPS) is 12.0. The van der Waals surface area contributed by atoms with E-state index in [2.05, 4.69) is 15.5 Å². The Kier molecular flexibility index (Phi) is 5.72. The molecule has 0 unspecified atom stereocenters. The van der Waals surface area contributed by atoms with Crippen LogP contribution >= 0.6 is 11.8 Å². The van der Waals surface area contributed by atoms with E-state index in [0.717, 1.165) is 0 Å². The van der Waals surface area contributed by atoms with E-state index in [-0.39, 0.29) is 17.4 Å². The van der Waals surface area contributed by atoms with Crippen molar-refractivity contribution >= 4 is 29.0 Å². The molecule has 2 heterocycles. The summed E-state index contributed by atoms with van der Waals surface area (Å²) in [4.78, 5) is 25.3. The Morgan fingerprint density at radius 1 is 1.10 bits per heavy atom. The van der Waals surface area contributed by atoms with Gasteiger partial charge < -0.3 is 10.1 Å². The lowest BCUT2D eigenvalue weighted by molar-refractivity contribution is -0.115. The fourth-order valence-electron chi connectivity index (χ4n) is 2.88. The number of nitrogens with zero attached hydrogens (tertiary/aromatic N) is 4. The molecule has 10 heteroatoms. The Labute approximate surface area is 180 Å². The van der Waals surface area contributed by atoms with E-state index in [1.54, 1.807) is 50.7 Å². The van der Waals surface area contributed by atoms with E-state index in [1.165, 1.54) is 45.0 Å². The summed E-state index contributed by atoms with van der Waals surface area (Å²) < 4.78 is 21.2. The third-order valence-electron chi connectivity index (χ3n) is 4.55. The third kappa shape index (κ3) is 4.29. The number of halogens is 1. The highest BCUT2D eigenvalue weighted by molar-refractivity contribution is 8.00. The summed E-state index contributed by atoms with van der Waals surface area (Å²) in [5, 5.41) is 10.8. The van der Waals surface area contributed by atoms with Gasteiger partial charge in [-0.25, -0.2) is 4.39 Å². The van der Waals surface area contributed by atoms with E-state index in [0.29, 0.717) is 22.3 Å². The smallest absolute Gasteiger partial charge is 0.300 e. The van der Waals surface area contributed by atoms with Gasteiger partial charge >= 0.3 is 5.56 Å². The summed E-state index contributed by atoms with van der Waals surface area (Å²) in [7, 11) is 1.57. The van der Waals surface area contributed by atoms with Crippen molar-refractivity contribution in [1.82, 2.24) is 19.2 Å². The van der Waals surface area contributed by atoms with Crippen molar-refractivity contribution < 1.29 is 13.9 Å². The summed E-state index contributed by atoms with van der Waals surface area (Å²) in [6.07, 6.45) is 3.19. The zero-order chi connectivity index (χ0) is 22.0. The van der Waals surface area contributed by atoms with Crippen molar-refractivity contribution in [2.45, 2.75) is 17.3 Å². The molecule has 0 bridgehead atoms. The molecule has 2 aromatic carbocycles. The molecule has 31 heavy (non-hydrogen) atoms. The van der Waals surface area contributed by atoms with Crippen molar-refractivity contribution in [2.24, 2.45) is 0 Å². The molecule has 0 radical (unpaired) electrons. The molecule has 0 saturated heterocycles. The first kappa shape index (κ1) is 20.6. The highest BCUT2D eigenvalue weighted by atomic mass is 32.2. The van der Waals surface area contributed by atoms with Gasteiger partial charge in [0.2, 0.25) is 11.6 Å². The van der Waals surface area contributed by atoms with Gasteiger partial charge in [0.1, 0.15) is 11.6 Å². The number of carbonyl (C=O) groups is 1. The number of methoxy groups -OCH3 is 1. The van der Waals surface area contributed by atoms with Crippen LogP contribution in [0.2, 0.25) is 0 Å². The summed E-state index contributed by atoms with van der Waals surface area (Å²) in [5.41, 5.74) is 0.866. The number of anilines is 1. The molecule has 4 rings (SSSR count). The van der Waals surface area contributed by atoms with Gasteiger partial charge in [0.25, 0.3) is 0 Å². The number of rotatable bonds is 6. The molecule has 1 atom stereocenters. The van der Waals surface area contributed by atoms with Crippen LogP contribution in [0, 0.1) is 5.82 Å². The number of benzene rings is 2. The molecule has 0 aliphatic rings. The lowest BCUT2D eigenvalue weighted by atomic mass is 10.3. The van der Waals surface area contributed by atoms with Crippen molar-refractivity contribution in [1.29, 1.82) is 0 Å². The predicted molar refractivity (Wildman–Crippen MR) is 115 cm³/mol. The number of nitrogens with one attached hydrogen (secondary N) is 1. The minimum absolute atomic E-state index is 0.108. The van der Waals surface area contributed by atoms with Crippen LogP contribution in [-0.4, -0.2) is 37.4 Å². The lowest BCUT2D eigenvalue weighted by Crippen LogP contribution is -2.23. The Balaban J connectivity index is 1.53. The number of thioether (sulfide) groups is 1. The average molecular weight is 439 g/mol. The molecule has 4 aromatic rings. The molecule has 0 aliphatic heterocycles. The zero-order valence-electron chi connectivity index (χ0n) is 16.7. The molecule has 0 saturated carbocycles. The molecular weight excluding hydrogens is 421 g/mol. The average Bonchev–Trinajstić information content (AvgIpc) is 3.19. The van der Waals surface area contributed by atoms with Gasteiger partial charge in [-0.1, -0.05) is 11.8 Å². The maximum Gasteiger partial charge on any atom is 0.300 e. The third-order valence-corrected chi connectivity index (χ3v) is 5.61. The van der Waals surface area contributed by atoms with Crippen LogP contribution < -0.4 is 15.6 Å². The van der Waals surface area contributed by atoms with Crippen molar-refractivity contribution in [3.63, 3.8) is 0 Å². The van der Waals surface area contributed by atoms with Crippen LogP contribution in [0.4, 0.5) is 10.1 Å². The molecule has 0 spiro atoms. The number of fused-ring (bicyclic) bond motifs is 1. The first-order valence-electron chi connectivity index (χ1n) is 9.30. The van der Waals surface area contributed by atoms with Crippen LogP contribution in [0.25, 0.3) is 11.3 Å². The maximum atomic E-state index is 13.2. The fraction of sp³-hybridized carbons (Fsp3) is 0.143. The first-order chi connectivity index (χ1) is 15.0. The largest absolute Gasteiger partial charge is 0.497 e. The van der Waals surface area contributed by atoms with Gasteiger partial charge in [0.05, 0.1) is 12.4 Å². The van der Waals surface area contributed by atoms with Gasteiger partial charge in [-0.05, 0) is 55.5 Å². The number of hydrogen-bond donors (Lipinski definition) is 1. The number of carbonyl (C=O) groups excluding carboxylic acids is 1. The Morgan fingerprint density at radius 3 is 2.48 bits per heavy atom. The Hall–Kier alpha value is -3.66. The second kappa shape index (κ2) is 8.60. The summed E-state index contributed by atoms with van der Waals surface area (Å²) >= 11 is 1.18. The molecule has 0 fully saturated rings. The summed E-state index contributed by atoms with van der Waals surface area (Å²) in [6.45, 7) is 1.74. The van der Waals surface area contributed by atoms with Crippen LogP contribution in [-0.2, 0) is 4.79 Å². The zero-order valence-corrected chi connectivity index (χ0v) is 17.5. The van der Waals surface area contributed by atoms with Crippen LogP contribution in [0.3, 0.4) is 0 Å². The van der Waals surface area contributed by atoms with Crippen LogP contribution in [0.15, 0.2) is 70.9 Å². The van der Waals surface area contributed by atoms with Crippen LogP contribution in [0.5, 0.6) is 5.75 Å². The minimum Gasteiger partial charge on any atom is -0.497 e. The summed E-state index contributed by atoms with van der Waals surface area (Å²) in [5.74, 6) is 0.0918. The number of aromatic nitrogens is 4. The quantitative estimate of drug-likeness (QED) is 0.464. The van der Waals surface area contributed by atoms with Crippen molar-refractivity contribution in [3.05, 3.63) is 77.1 Å². The second-order valence-electron chi connectivity index (χ2n) is 6.60. The van der Waals surface area contributed by atoms with E-state index < -0.39 is 10.8 Å². The van der Waals surface area contributed by atoms with E-state index >= 15 is 0 Å². The molecule has 158 valence electrons. The fourth-order valence-corrected chi connectivity index (χ4v) is 3.71. The predicted octanol–water partition coefficient (Wildman–Crippen LogP) is 3.15. The molecular formula is C21H18FN5O3S. The van der Waals surface area contributed by atoms with E-state index in [1.807, 2.05) is 0 Å². The van der Waals surface area contributed by atoms with E-state index in [9.17, 15) is 14.0 Å². The van der Waals surface area contributed by atoms with Gasteiger partial charge in [0, 0.05) is 23.8 Å². The SMILES string of the molecule is COc1ccc(NC(=O)[C@@H](C)Sc2nnc3c(=O)n(-c4ccc(F)cc4)ccn23)cc1. The maximum absolute atomic E-state index is 13.2. The highest BCUT2D eigenvalue weighted by Crippen LogP contribution is 2.23. The number of amides is 1. The first-order valence-corrected chi connectivity index (χ1v) is 10.2. The van der Waals surface area contributed by atoms with Gasteiger partial charge in [-0.2, -0.15) is 0 Å². The lowest BCUT2D eigenvalue weighted by Gasteiger charge is -2.11. The highest BCUT2D eigenvalue weighted by Gasteiger charge is 2.19. The second-order valence-corrected chi connectivity index (χ2v) is 7.91. The van der Waals surface area contributed by atoms with Crippen molar-refractivity contribution in [3.8, 4) is 11.4 Å². The Bertz CT molecular complexity index is 1290. The minimum atomic E-state index is -0.492. The summed E-state index contributed by atoms with van der Waals surface area (Å²) in [6, 6.07) is 12.6. The Morgan fingerprint density at radius 2 is 1.81 bits per heavy atom. The van der Waals surface area contributed by atoms with Gasteiger partial charge in [-0.15, -0.1) is 10.2 Å². The van der Waals surface area contributed by atoms with E-state index in [4.69, 9.17) is 4.74 Å². The van der Waals surface area contributed by atoms with Gasteiger partial charge in [-0.3, -0.25) is 18.6 Å². The molecule has 2 aromatic heterocycles. The van der Waals surface area contributed by atoms with Gasteiger partial charge in [0.15, 0.2) is 5.16 Å². The molecule has 1 N–H and O–H groups in total. The molecule has 8 nitrogen and oxygen atoms in total. The topological polar surface area (TPSA) is 90.5 Å². The standard InChI is InChI=1S/C21H18FN5O3S/c1-13(19(28)23-15-5-9-17(30-2)10-6-15)31-21-25-24-18-20(29)26(11-12-27(18)21)16-7-3-14(22)4-8-16/h3-13H,1-2H3,(H,23,28)/t13-/m1/s1. The molecule has 1 amide bonds. The van der Waals surface area contributed by atoms with Crippen molar-refractivity contribution in [2.75, 3.05) is 12.4 Å². The molecule has 0 aliphatic carbocycles. The number of ether oxygens (including phenoxy) is 1.